The summed E-state index contributed by atoms with van der Waals surface area (Å²) in [6.07, 6.45) is 4.34. The fourth-order valence-corrected chi connectivity index (χ4v) is 4.76. The Morgan fingerprint density at radius 1 is 1.19 bits per heavy atom. The Morgan fingerprint density at radius 3 is 2.90 bits per heavy atom. The standard InChI is InChI=1S/C16H17N3S2/c1-4-14-16(17-7-1)19(11-13-3-2-8-21-13)15(18-14)12-5-9-20-10-6-12/h1-4,7-8,12H,5-6,9-11H2. The normalized spacial score (nSPS) is 16.6. The van der Waals surface area contributed by atoms with Crippen LogP contribution in [0.3, 0.4) is 0 Å². The van der Waals surface area contributed by atoms with E-state index in [-0.39, 0.29) is 0 Å². The molecule has 0 radical (unpaired) electrons. The predicted molar refractivity (Wildman–Crippen MR) is 90.2 cm³/mol. The van der Waals surface area contributed by atoms with Crippen molar-refractivity contribution in [3.8, 4) is 0 Å². The van der Waals surface area contributed by atoms with Crippen molar-refractivity contribution in [2.45, 2.75) is 25.3 Å². The number of thioether (sulfide) groups is 1. The van der Waals surface area contributed by atoms with Crippen molar-refractivity contribution in [3.63, 3.8) is 0 Å². The van der Waals surface area contributed by atoms with Gasteiger partial charge in [-0.05, 0) is 47.9 Å². The lowest BCUT2D eigenvalue weighted by Gasteiger charge is -2.21. The van der Waals surface area contributed by atoms with E-state index in [4.69, 9.17) is 4.98 Å². The van der Waals surface area contributed by atoms with Crippen LogP contribution in [0.15, 0.2) is 35.8 Å². The summed E-state index contributed by atoms with van der Waals surface area (Å²) in [4.78, 5) is 10.9. The minimum absolute atomic E-state index is 0.584. The lowest BCUT2D eigenvalue weighted by atomic mass is 10.0. The summed E-state index contributed by atoms with van der Waals surface area (Å²) in [6.45, 7) is 0.893. The van der Waals surface area contributed by atoms with Crippen molar-refractivity contribution in [1.29, 1.82) is 0 Å². The number of hydrogen-bond donors (Lipinski definition) is 0. The lowest BCUT2D eigenvalue weighted by Crippen LogP contribution is -2.14. The van der Waals surface area contributed by atoms with E-state index in [0.29, 0.717) is 5.92 Å². The van der Waals surface area contributed by atoms with E-state index in [0.717, 1.165) is 17.7 Å². The maximum atomic E-state index is 4.91. The zero-order chi connectivity index (χ0) is 14.1. The molecule has 1 aliphatic heterocycles. The van der Waals surface area contributed by atoms with Crippen molar-refractivity contribution in [1.82, 2.24) is 14.5 Å². The van der Waals surface area contributed by atoms with Gasteiger partial charge in [-0.2, -0.15) is 11.8 Å². The minimum atomic E-state index is 0.584. The second kappa shape index (κ2) is 5.81. The van der Waals surface area contributed by atoms with Crippen molar-refractivity contribution in [3.05, 3.63) is 46.5 Å². The predicted octanol–water partition coefficient (Wildman–Crippen LogP) is 4.15. The number of aromatic nitrogens is 3. The molecule has 108 valence electrons. The number of nitrogens with zero attached hydrogens (tertiary/aromatic N) is 3. The molecule has 21 heavy (non-hydrogen) atoms. The molecule has 3 aromatic heterocycles. The van der Waals surface area contributed by atoms with Crippen molar-refractivity contribution in [2.75, 3.05) is 11.5 Å². The summed E-state index contributed by atoms with van der Waals surface area (Å²) in [6, 6.07) is 8.36. The molecule has 0 bridgehead atoms. The molecule has 1 saturated heterocycles. The number of thiophene rings is 1. The summed E-state index contributed by atoms with van der Waals surface area (Å²) in [7, 11) is 0. The molecule has 4 rings (SSSR count). The first-order valence-corrected chi connectivity index (χ1v) is 9.36. The third-order valence-electron chi connectivity index (χ3n) is 4.01. The number of hydrogen-bond acceptors (Lipinski definition) is 4. The van der Waals surface area contributed by atoms with Crippen LogP contribution in [-0.4, -0.2) is 26.0 Å². The average Bonchev–Trinajstić information content (AvgIpc) is 3.17. The van der Waals surface area contributed by atoms with Crippen LogP contribution in [0.5, 0.6) is 0 Å². The molecule has 1 aliphatic rings. The Kier molecular flexibility index (Phi) is 3.69. The Balaban J connectivity index is 1.80. The number of fused-ring (bicyclic) bond motifs is 1. The summed E-state index contributed by atoms with van der Waals surface area (Å²) in [5.41, 5.74) is 2.06. The molecular weight excluding hydrogens is 298 g/mol. The molecule has 3 nitrogen and oxygen atoms in total. The molecule has 5 heteroatoms. The molecule has 0 aliphatic carbocycles. The second-order valence-corrected chi connectivity index (χ2v) is 7.63. The van der Waals surface area contributed by atoms with Gasteiger partial charge in [-0.3, -0.25) is 0 Å². The molecule has 0 saturated carbocycles. The van der Waals surface area contributed by atoms with Crippen molar-refractivity contribution >= 4 is 34.3 Å². The highest BCUT2D eigenvalue weighted by atomic mass is 32.2. The van der Waals surface area contributed by atoms with Crippen LogP contribution in [0.25, 0.3) is 11.2 Å². The highest BCUT2D eigenvalue weighted by Crippen LogP contribution is 2.33. The highest BCUT2D eigenvalue weighted by Gasteiger charge is 2.23. The Morgan fingerprint density at radius 2 is 2.10 bits per heavy atom. The van der Waals surface area contributed by atoms with E-state index in [1.165, 1.54) is 35.0 Å². The van der Waals surface area contributed by atoms with Gasteiger partial charge in [-0.25, -0.2) is 9.97 Å². The monoisotopic (exact) mass is 315 g/mol. The number of imidazole rings is 1. The number of rotatable bonds is 3. The van der Waals surface area contributed by atoms with E-state index < -0.39 is 0 Å². The van der Waals surface area contributed by atoms with E-state index in [2.05, 4.69) is 44.9 Å². The van der Waals surface area contributed by atoms with Gasteiger partial charge in [0, 0.05) is 17.0 Å². The molecule has 0 atom stereocenters. The molecule has 0 N–H and O–H groups in total. The second-order valence-electron chi connectivity index (χ2n) is 5.37. The molecule has 4 heterocycles. The maximum Gasteiger partial charge on any atom is 0.160 e. The molecule has 3 aromatic rings. The number of pyridine rings is 1. The SMILES string of the molecule is c1csc(Cn2c(C3CCSCC3)nc3cccnc32)c1. The average molecular weight is 315 g/mol. The summed E-state index contributed by atoms with van der Waals surface area (Å²) in [5, 5.41) is 2.14. The Hall–Kier alpha value is -1.33. The lowest BCUT2D eigenvalue weighted by molar-refractivity contribution is 0.567. The van der Waals surface area contributed by atoms with Crippen LogP contribution in [-0.2, 0) is 6.54 Å². The first-order valence-electron chi connectivity index (χ1n) is 7.33. The van der Waals surface area contributed by atoms with Gasteiger partial charge in [-0.15, -0.1) is 11.3 Å². The molecule has 0 spiro atoms. The zero-order valence-corrected chi connectivity index (χ0v) is 13.4. The molecule has 0 aromatic carbocycles. The van der Waals surface area contributed by atoms with Crippen LogP contribution < -0.4 is 0 Å². The summed E-state index contributed by atoms with van der Waals surface area (Å²) in [5.74, 6) is 4.32. The fraction of sp³-hybridized carbons (Fsp3) is 0.375. The van der Waals surface area contributed by atoms with Gasteiger partial charge in [0.1, 0.15) is 11.3 Å². The van der Waals surface area contributed by atoms with Gasteiger partial charge in [0.25, 0.3) is 0 Å². The van der Waals surface area contributed by atoms with Gasteiger partial charge in [-0.1, -0.05) is 6.07 Å². The van der Waals surface area contributed by atoms with Gasteiger partial charge in [0.15, 0.2) is 5.65 Å². The van der Waals surface area contributed by atoms with Gasteiger partial charge >= 0.3 is 0 Å². The van der Waals surface area contributed by atoms with Crippen LogP contribution in [0.2, 0.25) is 0 Å². The van der Waals surface area contributed by atoms with E-state index in [9.17, 15) is 0 Å². The first kappa shape index (κ1) is 13.3. The van der Waals surface area contributed by atoms with Crippen LogP contribution >= 0.6 is 23.1 Å². The largest absolute Gasteiger partial charge is 0.307 e. The fourth-order valence-electron chi connectivity index (χ4n) is 2.96. The Bertz CT molecular complexity index is 727. The molecule has 0 amide bonds. The first-order chi connectivity index (χ1) is 10.4. The molecule has 1 fully saturated rings. The maximum absolute atomic E-state index is 4.91. The van der Waals surface area contributed by atoms with Crippen LogP contribution in [0, 0.1) is 0 Å². The van der Waals surface area contributed by atoms with E-state index >= 15 is 0 Å². The topological polar surface area (TPSA) is 30.7 Å². The van der Waals surface area contributed by atoms with E-state index in [1.807, 2.05) is 12.3 Å². The zero-order valence-electron chi connectivity index (χ0n) is 11.7. The van der Waals surface area contributed by atoms with Gasteiger partial charge < -0.3 is 4.57 Å². The smallest absolute Gasteiger partial charge is 0.160 e. The van der Waals surface area contributed by atoms with Crippen molar-refractivity contribution < 1.29 is 0 Å². The van der Waals surface area contributed by atoms with Gasteiger partial charge in [0.05, 0.1) is 6.54 Å². The summed E-state index contributed by atoms with van der Waals surface area (Å²) < 4.78 is 2.34. The third kappa shape index (κ3) is 2.60. The third-order valence-corrected chi connectivity index (χ3v) is 5.92. The van der Waals surface area contributed by atoms with Crippen LogP contribution in [0.1, 0.15) is 29.5 Å². The van der Waals surface area contributed by atoms with Crippen molar-refractivity contribution in [2.24, 2.45) is 0 Å². The minimum Gasteiger partial charge on any atom is -0.307 e. The molecule has 0 unspecified atom stereocenters. The van der Waals surface area contributed by atoms with Gasteiger partial charge in [0.2, 0.25) is 0 Å². The highest BCUT2D eigenvalue weighted by molar-refractivity contribution is 7.99. The van der Waals surface area contributed by atoms with Crippen LogP contribution in [0.4, 0.5) is 0 Å². The quantitative estimate of drug-likeness (QED) is 0.727. The van der Waals surface area contributed by atoms with E-state index in [1.54, 1.807) is 11.3 Å². The molecular formula is C16H17N3S2. The Labute approximate surface area is 132 Å². The summed E-state index contributed by atoms with van der Waals surface area (Å²) >= 11 is 3.87.